The van der Waals surface area contributed by atoms with Crippen LogP contribution in [0.3, 0.4) is 0 Å². The molecular weight excluding hydrogens is 374 g/mol. The summed E-state index contributed by atoms with van der Waals surface area (Å²) in [6.07, 6.45) is 1.86. The number of amides is 1. The van der Waals surface area contributed by atoms with E-state index in [2.05, 4.69) is 10.1 Å². The topological polar surface area (TPSA) is 120 Å². The summed E-state index contributed by atoms with van der Waals surface area (Å²) in [4.78, 5) is 28.0. The average molecular weight is 388 g/mol. The molecule has 0 saturated heterocycles. The summed E-state index contributed by atoms with van der Waals surface area (Å²) in [6.45, 7) is 0.670. The van der Waals surface area contributed by atoms with Gasteiger partial charge in [0, 0.05) is 36.9 Å². The Labute approximate surface area is 157 Å². The lowest BCUT2D eigenvalue weighted by atomic mass is 10.0. The second-order valence-electron chi connectivity index (χ2n) is 6.18. The minimum atomic E-state index is -0.284. The Morgan fingerprint density at radius 1 is 1.26 bits per heavy atom. The van der Waals surface area contributed by atoms with Gasteiger partial charge >= 0.3 is 0 Å². The van der Waals surface area contributed by atoms with Crippen LogP contribution in [0.2, 0.25) is 5.02 Å². The Morgan fingerprint density at radius 2 is 2.07 bits per heavy atom. The van der Waals surface area contributed by atoms with Crippen LogP contribution in [0, 0.1) is 0 Å². The Hall–Kier alpha value is -3.26. The fourth-order valence-corrected chi connectivity index (χ4v) is 3.22. The van der Waals surface area contributed by atoms with E-state index in [0.29, 0.717) is 35.5 Å². The summed E-state index contributed by atoms with van der Waals surface area (Å²) in [6, 6.07) is 5.27. The van der Waals surface area contributed by atoms with E-state index in [-0.39, 0.29) is 40.1 Å². The van der Waals surface area contributed by atoms with E-state index in [0.717, 1.165) is 6.07 Å². The summed E-state index contributed by atoms with van der Waals surface area (Å²) in [5.41, 5.74) is 1.72. The molecule has 3 heterocycles. The SMILES string of the molecule is O=C(c1ccc(=O)[nH]c1)N1CCc2noc(-c3cc(Cl)c(O)cc3O)c2C1. The number of pyridine rings is 1. The van der Waals surface area contributed by atoms with Crippen molar-refractivity contribution >= 4 is 17.5 Å². The quantitative estimate of drug-likeness (QED) is 0.620. The van der Waals surface area contributed by atoms with Gasteiger partial charge in [0.25, 0.3) is 5.91 Å². The number of nitrogens with zero attached hydrogens (tertiary/aromatic N) is 2. The Morgan fingerprint density at radius 3 is 2.81 bits per heavy atom. The zero-order valence-corrected chi connectivity index (χ0v) is 14.7. The number of hydrogen-bond acceptors (Lipinski definition) is 6. The second-order valence-corrected chi connectivity index (χ2v) is 6.58. The summed E-state index contributed by atoms with van der Waals surface area (Å²) >= 11 is 5.94. The molecular formula is C18H14ClN3O5. The standard InChI is InChI=1S/C18H14ClN3O5/c19-12-5-10(14(23)6-15(12)24)17-11-8-22(4-3-13(11)21-27-17)18(26)9-1-2-16(25)20-7-9/h1-2,5-7,23-24H,3-4,8H2,(H,20,25). The smallest absolute Gasteiger partial charge is 0.255 e. The van der Waals surface area contributed by atoms with Crippen LogP contribution in [0.1, 0.15) is 21.6 Å². The van der Waals surface area contributed by atoms with Gasteiger partial charge in [0.2, 0.25) is 5.56 Å². The highest BCUT2D eigenvalue weighted by molar-refractivity contribution is 6.32. The van der Waals surface area contributed by atoms with Crippen LogP contribution < -0.4 is 5.56 Å². The van der Waals surface area contributed by atoms with Crippen LogP contribution in [0.25, 0.3) is 11.3 Å². The second kappa shape index (κ2) is 6.48. The number of rotatable bonds is 2. The van der Waals surface area contributed by atoms with E-state index < -0.39 is 0 Å². The maximum absolute atomic E-state index is 12.7. The van der Waals surface area contributed by atoms with Gasteiger partial charge < -0.3 is 24.6 Å². The fourth-order valence-electron chi connectivity index (χ4n) is 3.06. The molecule has 3 aromatic rings. The van der Waals surface area contributed by atoms with E-state index in [1.54, 1.807) is 4.90 Å². The highest BCUT2D eigenvalue weighted by Gasteiger charge is 2.29. The zero-order valence-electron chi connectivity index (χ0n) is 13.9. The van der Waals surface area contributed by atoms with Crippen molar-refractivity contribution in [1.82, 2.24) is 15.0 Å². The van der Waals surface area contributed by atoms with Crippen LogP contribution in [0.4, 0.5) is 0 Å². The molecule has 0 radical (unpaired) electrons. The zero-order chi connectivity index (χ0) is 19.1. The molecule has 0 saturated carbocycles. The maximum atomic E-state index is 12.7. The number of phenols is 2. The summed E-state index contributed by atoms with van der Waals surface area (Å²) in [5.74, 6) is -0.401. The number of H-pyrrole nitrogens is 1. The normalized spacial score (nSPS) is 13.4. The first kappa shape index (κ1) is 17.2. The van der Waals surface area contributed by atoms with Gasteiger partial charge in [-0.15, -0.1) is 0 Å². The molecule has 0 aliphatic carbocycles. The minimum absolute atomic E-state index is 0.0601. The number of halogens is 1. The first-order valence-electron chi connectivity index (χ1n) is 8.11. The van der Waals surface area contributed by atoms with Gasteiger partial charge in [-0.05, 0) is 12.1 Å². The molecule has 2 aromatic heterocycles. The molecule has 4 rings (SSSR count). The van der Waals surface area contributed by atoms with Gasteiger partial charge in [0.1, 0.15) is 11.5 Å². The molecule has 1 amide bonds. The Kier molecular flexibility index (Phi) is 4.12. The first-order valence-corrected chi connectivity index (χ1v) is 8.49. The molecule has 1 aromatic carbocycles. The molecule has 0 atom stereocenters. The van der Waals surface area contributed by atoms with Crippen molar-refractivity contribution in [2.45, 2.75) is 13.0 Å². The molecule has 8 nitrogen and oxygen atoms in total. The van der Waals surface area contributed by atoms with Gasteiger partial charge in [-0.25, -0.2) is 0 Å². The van der Waals surface area contributed by atoms with Gasteiger partial charge in [-0.2, -0.15) is 0 Å². The highest BCUT2D eigenvalue weighted by Crippen LogP contribution is 2.40. The third-order valence-corrected chi connectivity index (χ3v) is 4.77. The molecule has 1 aliphatic heterocycles. The number of carbonyl (C=O) groups is 1. The number of carbonyl (C=O) groups excluding carboxylic acids is 1. The largest absolute Gasteiger partial charge is 0.507 e. The van der Waals surface area contributed by atoms with Gasteiger partial charge in [0.15, 0.2) is 5.76 Å². The third kappa shape index (κ3) is 3.04. The molecule has 0 spiro atoms. The number of phenolic OH excluding ortho intramolecular Hbond substituents is 2. The number of aromatic nitrogens is 2. The van der Waals surface area contributed by atoms with E-state index in [9.17, 15) is 19.8 Å². The van der Waals surface area contributed by atoms with Crippen molar-refractivity contribution in [1.29, 1.82) is 0 Å². The fraction of sp³-hybridized carbons (Fsp3) is 0.167. The summed E-state index contributed by atoms with van der Waals surface area (Å²) in [5, 5.41) is 23.8. The number of hydrogen-bond donors (Lipinski definition) is 3. The van der Waals surface area contributed by atoms with E-state index in [1.165, 1.54) is 24.4 Å². The third-order valence-electron chi connectivity index (χ3n) is 4.47. The number of fused-ring (bicyclic) bond motifs is 1. The Balaban J connectivity index is 1.68. The van der Waals surface area contributed by atoms with E-state index >= 15 is 0 Å². The van der Waals surface area contributed by atoms with E-state index in [1.807, 2.05) is 0 Å². The van der Waals surface area contributed by atoms with Crippen LogP contribution in [-0.2, 0) is 13.0 Å². The monoisotopic (exact) mass is 387 g/mol. The van der Waals surface area contributed by atoms with Crippen molar-refractivity contribution in [3.05, 3.63) is 62.7 Å². The summed E-state index contributed by atoms with van der Waals surface area (Å²) in [7, 11) is 0. The van der Waals surface area contributed by atoms with Gasteiger partial charge in [-0.1, -0.05) is 16.8 Å². The van der Waals surface area contributed by atoms with Crippen molar-refractivity contribution in [2.75, 3.05) is 6.54 Å². The van der Waals surface area contributed by atoms with Crippen molar-refractivity contribution in [3.63, 3.8) is 0 Å². The van der Waals surface area contributed by atoms with Crippen LogP contribution in [0.5, 0.6) is 11.5 Å². The molecule has 0 fully saturated rings. The molecule has 138 valence electrons. The molecule has 0 unspecified atom stereocenters. The molecule has 27 heavy (non-hydrogen) atoms. The van der Waals surface area contributed by atoms with Crippen LogP contribution in [-0.4, -0.2) is 37.7 Å². The minimum Gasteiger partial charge on any atom is -0.507 e. The predicted octanol–water partition coefficient (Wildman–Crippen LogP) is 2.29. The van der Waals surface area contributed by atoms with Crippen molar-refractivity contribution < 1.29 is 19.5 Å². The van der Waals surface area contributed by atoms with E-state index in [4.69, 9.17) is 16.1 Å². The van der Waals surface area contributed by atoms with Crippen molar-refractivity contribution in [2.24, 2.45) is 0 Å². The highest BCUT2D eigenvalue weighted by atomic mass is 35.5. The van der Waals surface area contributed by atoms with Gasteiger partial charge in [0.05, 0.1) is 28.4 Å². The number of aromatic hydroxyl groups is 2. The molecule has 3 N–H and O–H groups in total. The Bertz CT molecular complexity index is 1080. The van der Waals surface area contributed by atoms with Crippen LogP contribution in [0.15, 0.2) is 39.8 Å². The first-order chi connectivity index (χ1) is 12.9. The lowest BCUT2D eigenvalue weighted by Crippen LogP contribution is -2.36. The number of benzene rings is 1. The average Bonchev–Trinajstić information content (AvgIpc) is 3.07. The number of nitrogens with one attached hydrogen (secondary N) is 1. The molecule has 9 heteroatoms. The van der Waals surface area contributed by atoms with Crippen molar-refractivity contribution in [3.8, 4) is 22.8 Å². The van der Waals surface area contributed by atoms with Crippen LogP contribution >= 0.6 is 11.6 Å². The lowest BCUT2D eigenvalue weighted by Gasteiger charge is -2.26. The predicted molar refractivity (Wildman–Crippen MR) is 95.8 cm³/mol. The number of aromatic amines is 1. The lowest BCUT2D eigenvalue weighted by molar-refractivity contribution is 0.0734. The molecule has 1 aliphatic rings. The maximum Gasteiger partial charge on any atom is 0.255 e. The van der Waals surface area contributed by atoms with Gasteiger partial charge in [-0.3, -0.25) is 9.59 Å². The summed E-state index contributed by atoms with van der Waals surface area (Å²) < 4.78 is 5.39. The molecule has 0 bridgehead atoms.